The Balaban J connectivity index is 2.26. The van der Waals surface area contributed by atoms with E-state index in [0.717, 1.165) is 12.8 Å². The Morgan fingerprint density at radius 2 is 1.86 bits per heavy atom. The van der Waals surface area contributed by atoms with Crippen LogP contribution in [0.15, 0.2) is 17.0 Å². The van der Waals surface area contributed by atoms with Crippen molar-refractivity contribution >= 4 is 27.3 Å². The maximum Gasteiger partial charge on any atom is 0.243 e. The van der Waals surface area contributed by atoms with E-state index in [2.05, 4.69) is 13.8 Å². The van der Waals surface area contributed by atoms with Gasteiger partial charge in [-0.2, -0.15) is 4.31 Å². The zero-order valence-corrected chi connectivity index (χ0v) is 14.3. The highest BCUT2D eigenvalue weighted by Crippen LogP contribution is 2.31. The van der Waals surface area contributed by atoms with Crippen molar-refractivity contribution in [3.05, 3.63) is 22.7 Å². The third-order valence-electron chi connectivity index (χ3n) is 4.35. The number of hydrogen-bond donors (Lipinski definition) is 1. The molecule has 1 fully saturated rings. The van der Waals surface area contributed by atoms with Crippen LogP contribution in [0.2, 0.25) is 5.02 Å². The van der Waals surface area contributed by atoms with Crippen LogP contribution in [0, 0.1) is 18.8 Å². The second-order valence-electron chi connectivity index (χ2n) is 6.12. The molecular formula is C15H23ClN2O2S. The molecule has 1 aliphatic heterocycles. The van der Waals surface area contributed by atoms with Crippen molar-refractivity contribution in [1.82, 2.24) is 4.31 Å². The summed E-state index contributed by atoms with van der Waals surface area (Å²) in [5.41, 5.74) is 6.71. The molecule has 0 saturated carbocycles. The summed E-state index contributed by atoms with van der Waals surface area (Å²) in [4.78, 5) is 0.271. The van der Waals surface area contributed by atoms with Crippen molar-refractivity contribution in [3.63, 3.8) is 0 Å². The summed E-state index contributed by atoms with van der Waals surface area (Å²) in [6.45, 7) is 7.29. The van der Waals surface area contributed by atoms with Crippen LogP contribution in [0.25, 0.3) is 0 Å². The van der Waals surface area contributed by atoms with Crippen molar-refractivity contribution in [2.45, 2.75) is 38.5 Å². The molecule has 0 aliphatic carbocycles. The summed E-state index contributed by atoms with van der Waals surface area (Å²) < 4.78 is 27.1. The van der Waals surface area contributed by atoms with Gasteiger partial charge in [0.1, 0.15) is 0 Å². The number of nitrogens with two attached hydrogens (primary N) is 1. The predicted molar refractivity (Wildman–Crippen MR) is 86.9 cm³/mol. The summed E-state index contributed by atoms with van der Waals surface area (Å²) >= 11 is 5.94. The van der Waals surface area contributed by atoms with Crippen LogP contribution in [0.1, 0.15) is 32.3 Å². The Hall–Kier alpha value is -0.780. The Kier molecular flexibility index (Phi) is 4.85. The van der Waals surface area contributed by atoms with Gasteiger partial charge in [-0.05, 0) is 49.3 Å². The molecule has 1 saturated heterocycles. The van der Waals surface area contributed by atoms with Crippen LogP contribution in [0.5, 0.6) is 0 Å². The molecule has 0 bridgehead atoms. The molecule has 1 aromatic rings. The van der Waals surface area contributed by atoms with Gasteiger partial charge in [0.05, 0.1) is 15.6 Å². The molecule has 2 rings (SSSR count). The molecule has 1 aliphatic rings. The van der Waals surface area contributed by atoms with Crippen LogP contribution in [-0.2, 0) is 10.0 Å². The first-order valence-corrected chi connectivity index (χ1v) is 9.11. The number of anilines is 1. The zero-order chi connectivity index (χ0) is 15.8. The summed E-state index contributed by atoms with van der Waals surface area (Å²) in [6, 6.07) is 3.09. The Labute approximate surface area is 132 Å². The SMILES string of the molecule is Cc1cc(Cl)c(N)cc1S(=O)(=O)N1CCC(C(C)C)CC1. The van der Waals surface area contributed by atoms with Crippen molar-refractivity contribution in [3.8, 4) is 0 Å². The standard InChI is InChI=1S/C15H23ClN2O2S/c1-10(2)12-4-6-18(7-5-12)21(19,20)15-9-14(17)13(16)8-11(15)3/h8-10,12H,4-7,17H2,1-3H3. The molecule has 1 aromatic carbocycles. The van der Waals surface area contributed by atoms with E-state index in [1.54, 1.807) is 17.3 Å². The zero-order valence-electron chi connectivity index (χ0n) is 12.8. The largest absolute Gasteiger partial charge is 0.397 e. The predicted octanol–water partition coefficient (Wildman–Crippen LogP) is 3.29. The molecule has 6 heteroatoms. The lowest BCUT2D eigenvalue weighted by Crippen LogP contribution is -2.39. The molecule has 0 unspecified atom stereocenters. The Bertz CT molecular complexity index is 621. The third kappa shape index (κ3) is 3.35. The molecule has 0 radical (unpaired) electrons. The van der Waals surface area contributed by atoms with E-state index < -0.39 is 10.0 Å². The Morgan fingerprint density at radius 1 is 1.29 bits per heavy atom. The van der Waals surface area contributed by atoms with Crippen LogP contribution >= 0.6 is 11.6 Å². The molecule has 0 amide bonds. The topological polar surface area (TPSA) is 63.4 Å². The number of rotatable bonds is 3. The normalized spacial score (nSPS) is 18.3. The molecule has 0 spiro atoms. The van der Waals surface area contributed by atoms with E-state index in [-0.39, 0.29) is 4.90 Å². The molecule has 21 heavy (non-hydrogen) atoms. The van der Waals surface area contributed by atoms with Gasteiger partial charge in [0.15, 0.2) is 0 Å². The van der Waals surface area contributed by atoms with Crippen LogP contribution in [0.4, 0.5) is 5.69 Å². The maximum absolute atomic E-state index is 12.8. The molecule has 118 valence electrons. The first-order valence-electron chi connectivity index (χ1n) is 7.29. The second kappa shape index (κ2) is 6.15. The van der Waals surface area contributed by atoms with E-state index in [0.29, 0.717) is 41.2 Å². The van der Waals surface area contributed by atoms with E-state index in [1.807, 2.05) is 0 Å². The lowest BCUT2D eigenvalue weighted by atomic mass is 9.87. The molecule has 0 atom stereocenters. The quantitative estimate of drug-likeness (QED) is 0.865. The first-order chi connectivity index (χ1) is 9.73. The average Bonchev–Trinajstić information content (AvgIpc) is 2.42. The summed E-state index contributed by atoms with van der Waals surface area (Å²) in [7, 11) is -3.49. The van der Waals surface area contributed by atoms with Gasteiger partial charge in [-0.15, -0.1) is 0 Å². The number of benzene rings is 1. The van der Waals surface area contributed by atoms with Crippen molar-refractivity contribution < 1.29 is 8.42 Å². The highest BCUT2D eigenvalue weighted by atomic mass is 35.5. The molecule has 1 heterocycles. The van der Waals surface area contributed by atoms with Crippen LogP contribution in [0.3, 0.4) is 0 Å². The number of nitrogens with zero attached hydrogens (tertiary/aromatic N) is 1. The van der Waals surface area contributed by atoms with Crippen LogP contribution in [-0.4, -0.2) is 25.8 Å². The lowest BCUT2D eigenvalue weighted by molar-refractivity contribution is 0.226. The molecule has 2 N–H and O–H groups in total. The van der Waals surface area contributed by atoms with Gasteiger partial charge in [0.25, 0.3) is 0 Å². The van der Waals surface area contributed by atoms with Gasteiger partial charge in [-0.1, -0.05) is 25.4 Å². The minimum absolute atomic E-state index is 0.271. The maximum atomic E-state index is 12.8. The number of aryl methyl sites for hydroxylation is 1. The summed E-state index contributed by atoms with van der Waals surface area (Å²) in [5, 5.41) is 0.393. The van der Waals surface area contributed by atoms with E-state index >= 15 is 0 Å². The van der Waals surface area contributed by atoms with Gasteiger partial charge in [0.2, 0.25) is 10.0 Å². The molecule has 4 nitrogen and oxygen atoms in total. The average molecular weight is 331 g/mol. The van der Waals surface area contributed by atoms with Gasteiger partial charge < -0.3 is 5.73 Å². The first kappa shape index (κ1) is 16.6. The van der Waals surface area contributed by atoms with Crippen LogP contribution < -0.4 is 5.73 Å². The fourth-order valence-electron chi connectivity index (χ4n) is 2.87. The van der Waals surface area contributed by atoms with Gasteiger partial charge in [0, 0.05) is 13.1 Å². The van der Waals surface area contributed by atoms with Crippen molar-refractivity contribution in [1.29, 1.82) is 0 Å². The monoisotopic (exact) mass is 330 g/mol. The fraction of sp³-hybridized carbons (Fsp3) is 0.600. The highest BCUT2D eigenvalue weighted by molar-refractivity contribution is 7.89. The lowest BCUT2D eigenvalue weighted by Gasteiger charge is -2.33. The van der Waals surface area contributed by atoms with Crippen molar-refractivity contribution in [2.24, 2.45) is 11.8 Å². The minimum Gasteiger partial charge on any atom is -0.397 e. The smallest absolute Gasteiger partial charge is 0.243 e. The molecule has 0 aromatic heterocycles. The van der Waals surface area contributed by atoms with E-state index in [4.69, 9.17) is 17.3 Å². The number of hydrogen-bond acceptors (Lipinski definition) is 3. The Morgan fingerprint density at radius 3 is 2.38 bits per heavy atom. The second-order valence-corrected chi connectivity index (χ2v) is 8.44. The third-order valence-corrected chi connectivity index (χ3v) is 6.72. The number of nitrogen functional groups attached to an aromatic ring is 1. The van der Waals surface area contributed by atoms with Gasteiger partial charge in [-0.3, -0.25) is 0 Å². The van der Waals surface area contributed by atoms with Gasteiger partial charge in [-0.25, -0.2) is 8.42 Å². The fourth-order valence-corrected chi connectivity index (χ4v) is 4.80. The molecular weight excluding hydrogens is 308 g/mol. The summed E-state index contributed by atoms with van der Waals surface area (Å²) in [5.74, 6) is 1.20. The number of halogens is 1. The van der Waals surface area contributed by atoms with E-state index in [1.165, 1.54) is 6.07 Å². The number of piperidine rings is 1. The summed E-state index contributed by atoms with van der Waals surface area (Å²) in [6.07, 6.45) is 1.83. The van der Waals surface area contributed by atoms with E-state index in [9.17, 15) is 8.42 Å². The highest BCUT2D eigenvalue weighted by Gasteiger charge is 2.31. The minimum atomic E-state index is -3.49. The van der Waals surface area contributed by atoms with Crippen molar-refractivity contribution in [2.75, 3.05) is 18.8 Å². The van der Waals surface area contributed by atoms with Gasteiger partial charge >= 0.3 is 0 Å². The number of sulfonamides is 1.